The first-order chi connectivity index (χ1) is 13.0. The number of rotatable bonds is 7. The molecule has 0 radical (unpaired) electrons. The molecule has 0 bridgehead atoms. The van der Waals surface area contributed by atoms with Gasteiger partial charge in [-0.25, -0.2) is 4.79 Å². The molecule has 0 saturated carbocycles. The fourth-order valence-corrected chi connectivity index (χ4v) is 3.66. The van der Waals surface area contributed by atoms with Crippen LogP contribution in [0.5, 0.6) is 11.5 Å². The number of Topliss-reactive ketones (excluding diaryl/α,β-unsaturated/α-hetero) is 1. The number of hydrogen-bond acceptors (Lipinski definition) is 6. The summed E-state index contributed by atoms with van der Waals surface area (Å²) in [5, 5.41) is 0. The van der Waals surface area contributed by atoms with Crippen LogP contribution in [0.2, 0.25) is 0 Å². The first-order valence-electron chi connectivity index (χ1n) is 8.87. The molecule has 0 saturated heterocycles. The van der Waals surface area contributed by atoms with E-state index in [2.05, 4.69) is 0 Å². The van der Waals surface area contributed by atoms with Gasteiger partial charge in [-0.1, -0.05) is 0 Å². The lowest BCUT2D eigenvalue weighted by Gasteiger charge is -2.10. The molecule has 1 atom stereocenters. The molecule has 2 aromatic rings. The van der Waals surface area contributed by atoms with E-state index >= 15 is 0 Å². The van der Waals surface area contributed by atoms with Crippen LogP contribution in [0, 0.1) is 6.92 Å². The molecule has 142 valence electrons. The molecule has 0 spiro atoms. The van der Waals surface area contributed by atoms with Crippen molar-refractivity contribution in [3.05, 3.63) is 51.2 Å². The molecule has 0 aliphatic carbocycles. The van der Waals surface area contributed by atoms with Crippen molar-refractivity contribution in [3.8, 4) is 11.5 Å². The highest BCUT2D eigenvalue weighted by atomic mass is 32.1. The minimum Gasteiger partial charge on any atom is -0.493 e. The first-order valence-corrected chi connectivity index (χ1v) is 9.68. The van der Waals surface area contributed by atoms with E-state index in [0.29, 0.717) is 17.2 Å². The lowest BCUT2D eigenvalue weighted by Crippen LogP contribution is -2.11. The summed E-state index contributed by atoms with van der Waals surface area (Å²) >= 11 is 1.39. The predicted octanol–water partition coefficient (Wildman–Crippen LogP) is 4.22. The highest BCUT2D eigenvalue weighted by molar-refractivity contribution is 7.14. The van der Waals surface area contributed by atoms with Gasteiger partial charge in [0, 0.05) is 28.5 Å². The van der Waals surface area contributed by atoms with Crippen LogP contribution < -0.4 is 9.47 Å². The van der Waals surface area contributed by atoms with Gasteiger partial charge in [-0.3, -0.25) is 4.79 Å². The third-order valence-corrected chi connectivity index (χ3v) is 5.13. The zero-order valence-electron chi connectivity index (χ0n) is 15.6. The molecule has 0 N–H and O–H groups in total. The zero-order chi connectivity index (χ0) is 19.4. The van der Waals surface area contributed by atoms with E-state index in [-0.39, 0.29) is 18.5 Å². The number of esters is 1. The normalized spacial score (nSPS) is 15.4. The maximum absolute atomic E-state index is 12.0. The third-order valence-electron chi connectivity index (χ3n) is 4.09. The van der Waals surface area contributed by atoms with Gasteiger partial charge in [0.25, 0.3) is 0 Å². The van der Waals surface area contributed by atoms with Crippen LogP contribution in [0.4, 0.5) is 0 Å². The summed E-state index contributed by atoms with van der Waals surface area (Å²) < 4.78 is 16.5. The molecule has 2 heterocycles. The molecule has 27 heavy (non-hydrogen) atoms. The minimum absolute atomic E-state index is 0.130. The number of ketones is 1. The van der Waals surface area contributed by atoms with Crippen molar-refractivity contribution in [2.24, 2.45) is 0 Å². The number of thiophene rings is 1. The lowest BCUT2D eigenvalue weighted by atomic mass is 10.1. The Kier molecular flexibility index (Phi) is 5.96. The summed E-state index contributed by atoms with van der Waals surface area (Å²) in [6.45, 7) is 6.10. The molecule has 0 amide bonds. The van der Waals surface area contributed by atoms with Gasteiger partial charge in [0.05, 0.1) is 11.5 Å². The van der Waals surface area contributed by atoms with Crippen molar-refractivity contribution in [2.75, 3.05) is 13.2 Å². The van der Waals surface area contributed by atoms with Crippen molar-refractivity contribution < 1.29 is 23.8 Å². The molecule has 6 heteroatoms. The van der Waals surface area contributed by atoms with Crippen LogP contribution in [-0.2, 0) is 16.0 Å². The summed E-state index contributed by atoms with van der Waals surface area (Å²) in [7, 11) is 0. The standard InChI is InChI=1S/C21H22O5S/c1-4-24-18-11-16-9-13(2)26-19(16)10-15(18)6-8-21(23)25-12-17(22)20-7-5-14(3)27-20/h5-8,10-11,13H,4,9,12H2,1-3H3/b8-6+/t13-/m0/s1. The Hall–Kier alpha value is -2.60. The maximum Gasteiger partial charge on any atom is 0.331 e. The second-order valence-corrected chi connectivity index (χ2v) is 7.63. The van der Waals surface area contributed by atoms with Crippen LogP contribution >= 0.6 is 11.3 Å². The van der Waals surface area contributed by atoms with Crippen LogP contribution in [0.3, 0.4) is 0 Å². The molecule has 1 aliphatic rings. The number of hydrogen-bond donors (Lipinski definition) is 0. The number of fused-ring (bicyclic) bond motifs is 1. The molecule has 0 unspecified atom stereocenters. The van der Waals surface area contributed by atoms with Gasteiger partial charge >= 0.3 is 5.97 Å². The van der Waals surface area contributed by atoms with Crippen LogP contribution in [0.15, 0.2) is 30.3 Å². The number of aryl methyl sites for hydroxylation is 1. The second kappa shape index (κ2) is 8.39. The van der Waals surface area contributed by atoms with Crippen molar-refractivity contribution in [3.63, 3.8) is 0 Å². The second-order valence-electron chi connectivity index (χ2n) is 6.34. The molecule has 3 rings (SSSR count). The van der Waals surface area contributed by atoms with Crippen LogP contribution in [0.25, 0.3) is 6.08 Å². The average molecular weight is 386 g/mol. The van der Waals surface area contributed by atoms with E-state index in [4.69, 9.17) is 14.2 Å². The predicted molar refractivity (Wildman–Crippen MR) is 105 cm³/mol. The highest BCUT2D eigenvalue weighted by Crippen LogP contribution is 2.35. The summed E-state index contributed by atoms with van der Waals surface area (Å²) in [5.41, 5.74) is 1.84. The number of ether oxygens (including phenoxy) is 3. The fraction of sp³-hybridized carbons (Fsp3) is 0.333. The van der Waals surface area contributed by atoms with Gasteiger partial charge in [0.2, 0.25) is 5.78 Å². The van der Waals surface area contributed by atoms with Crippen molar-refractivity contribution in [2.45, 2.75) is 33.3 Å². The third kappa shape index (κ3) is 4.77. The van der Waals surface area contributed by atoms with Crippen molar-refractivity contribution in [1.29, 1.82) is 0 Å². The number of benzene rings is 1. The summed E-state index contributed by atoms with van der Waals surface area (Å²) in [6.07, 6.45) is 3.90. The Balaban J connectivity index is 1.65. The fourth-order valence-electron chi connectivity index (χ4n) is 2.86. The topological polar surface area (TPSA) is 61.8 Å². The van der Waals surface area contributed by atoms with Gasteiger partial charge in [-0.05, 0) is 51.1 Å². The largest absolute Gasteiger partial charge is 0.493 e. The van der Waals surface area contributed by atoms with Crippen LogP contribution in [-0.4, -0.2) is 31.1 Å². The smallest absolute Gasteiger partial charge is 0.331 e. The number of carbonyl (C=O) groups is 2. The summed E-state index contributed by atoms with van der Waals surface area (Å²) in [4.78, 5) is 25.6. The van der Waals surface area contributed by atoms with E-state index in [1.165, 1.54) is 17.4 Å². The minimum atomic E-state index is -0.575. The molecule has 1 aromatic heterocycles. The van der Waals surface area contributed by atoms with E-state index in [1.54, 1.807) is 12.1 Å². The van der Waals surface area contributed by atoms with Crippen molar-refractivity contribution in [1.82, 2.24) is 0 Å². The number of carbonyl (C=O) groups excluding carboxylic acids is 2. The Morgan fingerprint density at radius 1 is 1.33 bits per heavy atom. The van der Waals surface area contributed by atoms with Gasteiger partial charge in [-0.15, -0.1) is 11.3 Å². The average Bonchev–Trinajstić information content (AvgIpc) is 3.22. The van der Waals surface area contributed by atoms with E-state index in [0.717, 1.165) is 28.2 Å². The Labute approximate surface area is 162 Å². The maximum atomic E-state index is 12.0. The van der Waals surface area contributed by atoms with E-state index in [1.807, 2.05) is 39.0 Å². The highest BCUT2D eigenvalue weighted by Gasteiger charge is 2.21. The Morgan fingerprint density at radius 3 is 2.85 bits per heavy atom. The van der Waals surface area contributed by atoms with Gasteiger partial charge in [-0.2, -0.15) is 0 Å². The van der Waals surface area contributed by atoms with Gasteiger partial charge < -0.3 is 14.2 Å². The SMILES string of the molecule is CCOc1cc2c(cc1/C=C/C(=O)OCC(=O)c1ccc(C)s1)O[C@@H](C)C2. The molecule has 5 nitrogen and oxygen atoms in total. The lowest BCUT2D eigenvalue weighted by molar-refractivity contribution is -0.136. The molecule has 1 aliphatic heterocycles. The van der Waals surface area contributed by atoms with Gasteiger partial charge in [0.15, 0.2) is 6.61 Å². The zero-order valence-corrected chi connectivity index (χ0v) is 16.4. The molecule has 1 aromatic carbocycles. The van der Waals surface area contributed by atoms with Crippen molar-refractivity contribution >= 4 is 29.2 Å². The first kappa shape index (κ1) is 19.2. The monoisotopic (exact) mass is 386 g/mol. The van der Waals surface area contributed by atoms with E-state index < -0.39 is 5.97 Å². The summed E-state index contributed by atoms with van der Waals surface area (Å²) in [5.74, 6) is 0.726. The Morgan fingerprint density at radius 2 is 2.15 bits per heavy atom. The van der Waals surface area contributed by atoms with E-state index in [9.17, 15) is 9.59 Å². The Bertz CT molecular complexity index is 881. The molecular weight excluding hydrogens is 364 g/mol. The van der Waals surface area contributed by atoms with Crippen LogP contribution in [0.1, 0.15) is 39.5 Å². The quantitative estimate of drug-likeness (QED) is 0.405. The summed E-state index contributed by atoms with van der Waals surface area (Å²) in [6, 6.07) is 7.43. The van der Waals surface area contributed by atoms with Gasteiger partial charge in [0.1, 0.15) is 17.6 Å². The molecular formula is C21H22O5S. The molecule has 0 fully saturated rings.